The highest BCUT2D eigenvalue weighted by Crippen LogP contribution is 1.97. The third kappa shape index (κ3) is 2.28. The molecule has 1 heterocycles. The van der Waals surface area contributed by atoms with Crippen LogP contribution in [-0.2, 0) is 22.8 Å². The molecular weight excluding hydrogens is 180 g/mol. The van der Waals surface area contributed by atoms with Gasteiger partial charge in [-0.05, 0) is 7.05 Å². The summed E-state index contributed by atoms with van der Waals surface area (Å²) in [5, 5.41) is 7.25. The lowest BCUT2D eigenvalue weighted by molar-refractivity contribution is 0.586. The van der Waals surface area contributed by atoms with Crippen LogP contribution in [0.25, 0.3) is 0 Å². The standard InChI is InChI=1S/C5H10N4O2S/c1-6-12(10,11)4-5-3-9(2)8-7-5/h3,6H,4H2,1-2H3. The second-order valence-corrected chi connectivity index (χ2v) is 4.27. The number of hydrogen-bond donors (Lipinski definition) is 1. The first-order valence-electron chi connectivity index (χ1n) is 3.30. The fraction of sp³-hybridized carbons (Fsp3) is 0.600. The Morgan fingerprint density at radius 2 is 2.33 bits per heavy atom. The first-order valence-corrected chi connectivity index (χ1v) is 4.95. The molecule has 12 heavy (non-hydrogen) atoms. The third-order valence-corrected chi connectivity index (χ3v) is 2.60. The number of sulfonamides is 1. The van der Waals surface area contributed by atoms with E-state index in [0.717, 1.165) is 0 Å². The second kappa shape index (κ2) is 3.20. The maximum Gasteiger partial charge on any atom is 0.217 e. The van der Waals surface area contributed by atoms with E-state index in [4.69, 9.17) is 0 Å². The fourth-order valence-electron chi connectivity index (χ4n) is 0.728. The number of hydrogen-bond acceptors (Lipinski definition) is 4. The van der Waals surface area contributed by atoms with Crippen LogP contribution < -0.4 is 4.72 Å². The van der Waals surface area contributed by atoms with Crippen molar-refractivity contribution in [2.24, 2.45) is 7.05 Å². The molecule has 0 fully saturated rings. The van der Waals surface area contributed by atoms with E-state index in [0.29, 0.717) is 5.69 Å². The molecule has 0 amide bonds. The molecule has 0 aliphatic heterocycles. The molecule has 0 unspecified atom stereocenters. The van der Waals surface area contributed by atoms with Crippen LogP contribution in [0, 0.1) is 0 Å². The Kier molecular flexibility index (Phi) is 2.43. The van der Waals surface area contributed by atoms with Crippen LogP contribution in [0.5, 0.6) is 0 Å². The summed E-state index contributed by atoms with van der Waals surface area (Å²) >= 11 is 0. The fourth-order valence-corrected chi connectivity index (χ4v) is 1.39. The lowest BCUT2D eigenvalue weighted by Gasteiger charge is -1.96. The zero-order valence-electron chi connectivity index (χ0n) is 6.85. The van der Waals surface area contributed by atoms with E-state index in [1.165, 1.54) is 11.7 Å². The summed E-state index contributed by atoms with van der Waals surface area (Å²) in [7, 11) is -0.175. The summed E-state index contributed by atoms with van der Waals surface area (Å²) in [5.74, 6) is -0.128. The monoisotopic (exact) mass is 190 g/mol. The van der Waals surface area contributed by atoms with E-state index in [2.05, 4.69) is 15.0 Å². The highest BCUT2D eigenvalue weighted by atomic mass is 32.2. The van der Waals surface area contributed by atoms with Gasteiger partial charge in [0.15, 0.2) is 0 Å². The largest absolute Gasteiger partial charge is 0.255 e. The minimum absolute atomic E-state index is 0.128. The molecular formula is C5H10N4O2S. The summed E-state index contributed by atoms with van der Waals surface area (Å²) in [5.41, 5.74) is 0.437. The molecule has 0 radical (unpaired) electrons. The van der Waals surface area contributed by atoms with Crippen molar-refractivity contribution < 1.29 is 8.42 Å². The number of aromatic nitrogens is 3. The van der Waals surface area contributed by atoms with E-state index in [9.17, 15) is 8.42 Å². The van der Waals surface area contributed by atoms with Crippen molar-refractivity contribution in [1.82, 2.24) is 19.7 Å². The smallest absolute Gasteiger partial charge is 0.217 e. The maximum atomic E-state index is 11.0. The average Bonchev–Trinajstić information content (AvgIpc) is 2.35. The maximum absolute atomic E-state index is 11.0. The predicted molar refractivity (Wildman–Crippen MR) is 42.7 cm³/mol. The highest BCUT2D eigenvalue weighted by Gasteiger charge is 2.10. The van der Waals surface area contributed by atoms with Crippen molar-refractivity contribution in [2.45, 2.75) is 5.75 Å². The average molecular weight is 190 g/mol. The Morgan fingerprint density at radius 1 is 1.67 bits per heavy atom. The van der Waals surface area contributed by atoms with E-state index in [1.807, 2.05) is 0 Å². The van der Waals surface area contributed by atoms with Crippen molar-refractivity contribution in [3.8, 4) is 0 Å². The highest BCUT2D eigenvalue weighted by molar-refractivity contribution is 7.88. The van der Waals surface area contributed by atoms with Gasteiger partial charge in [-0.25, -0.2) is 13.1 Å². The SMILES string of the molecule is CNS(=O)(=O)Cc1cn(C)nn1. The Bertz CT molecular complexity index is 355. The van der Waals surface area contributed by atoms with Gasteiger partial charge in [-0.1, -0.05) is 5.21 Å². The zero-order valence-corrected chi connectivity index (χ0v) is 7.67. The molecule has 0 spiro atoms. The molecule has 0 aromatic carbocycles. The van der Waals surface area contributed by atoms with Gasteiger partial charge in [0.25, 0.3) is 0 Å². The van der Waals surface area contributed by atoms with Gasteiger partial charge >= 0.3 is 0 Å². The second-order valence-electron chi connectivity index (χ2n) is 2.35. The Balaban J connectivity index is 2.77. The Morgan fingerprint density at radius 3 is 2.75 bits per heavy atom. The van der Waals surface area contributed by atoms with E-state index >= 15 is 0 Å². The van der Waals surface area contributed by atoms with Gasteiger partial charge in [-0.3, -0.25) is 4.68 Å². The van der Waals surface area contributed by atoms with Crippen LogP contribution in [0.1, 0.15) is 5.69 Å². The van der Waals surface area contributed by atoms with Crippen molar-refractivity contribution in [1.29, 1.82) is 0 Å². The van der Waals surface area contributed by atoms with Gasteiger partial charge in [-0.15, -0.1) is 5.10 Å². The van der Waals surface area contributed by atoms with Gasteiger partial charge in [0.1, 0.15) is 5.75 Å². The molecule has 6 nitrogen and oxygen atoms in total. The molecule has 0 saturated carbocycles. The van der Waals surface area contributed by atoms with E-state index in [-0.39, 0.29) is 5.75 Å². The normalized spacial score (nSPS) is 11.8. The first-order chi connectivity index (χ1) is 5.53. The lowest BCUT2D eigenvalue weighted by Crippen LogP contribution is -2.20. The summed E-state index contributed by atoms with van der Waals surface area (Å²) in [6.07, 6.45) is 1.56. The number of nitrogens with one attached hydrogen (secondary N) is 1. The van der Waals surface area contributed by atoms with Crippen molar-refractivity contribution in [3.05, 3.63) is 11.9 Å². The molecule has 0 atom stereocenters. The van der Waals surface area contributed by atoms with Gasteiger partial charge in [0, 0.05) is 13.2 Å². The molecule has 0 saturated heterocycles. The first kappa shape index (κ1) is 9.14. The molecule has 1 N–H and O–H groups in total. The number of rotatable bonds is 3. The molecule has 1 rings (SSSR count). The van der Waals surface area contributed by atoms with Crippen molar-refractivity contribution in [2.75, 3.05) is 7.05 Å². The summed E-state index contributed by atoms with van der Waals surface area (Å²) in [6, 6.07) is 0. The third-order valence-electron chi connectivity index (χ3n) is 1.30. The predicted octanol–water partition coefficient (Wildman–Crippen LogP) is -1.14. The lowest BCUT2D eigenvalue weighted by atomic mass is 10.6. The van der Waals surface area contributed by atoms with Gasteiger partial charge in [-0.2, -0.15) is 0 Å². The molecule has 1 aromatic heterocycles. The molecule has 0 aliphatic rings. The molecule has 0 aliphatic carbocycles. The number of aryl methyl sites for hydroxylation is 1. The van der Waals surface area contributed by atoms with Crippen LogP contribution in [0.4, 0.5) is 0 Å². The minimum atomic E-state index is -3.23. The molecule has 68 valence electrons. The van der Waals surface area contributed by atoms with Gasteiger partial charge < -0.3 is 0 Å². The van der Waals surface area contributed by atoms with Gasteiger partial charge in [0.05, 0.1) is 5.69 Å². The van der Waals surface area contributed by atoms with Crippen LogP contribution in [0.15, 0.2) is 6.20 Å². The quantitative estimate of drug-likeness (QED) is 0.654. The molecule has 0 bridgehead atoms. The van der Waals surface area contributed by atoms with Crippen LogP contribution in [0.2, 0.25) is 0 Å². The van der Waals surface area contributed by atoms with Gasteiger partial charge in [0.2, 0.25) is 10.0 Å². The molecule has 7 heteroatoms. The topological polar surface area (TPSA) is 76.9 Å². The summed E-state index contributed by atoms with van der Waals surface area (Å²) in [4.78, 5) is 0. The van der Waals surface area contributed by atoms with E-state index in [1.54, 1.807) is 13.2 Å². The van der Waals surface area contributed by atoms with Crippen LogP contribution in [-0.4, -0.2) is 30.5 Å². The van der Waals surface area contributed by atoms with E-state index < -0.39 is 10.0 Å². The van der Waals surface area contributed by atoms with Crippen molar-refractivity contribution >= 4 is 10.0 Å². The van der Waals surface area contributed by atoms with Crippen LogP contribution >= 0.6 is 0 Å². The minimum Gasteiger partial charge on any atom is -0.255 e. The number of nitrogens with zero attached hydrogens (tertiary/aromatic N) is 3. The Labute approximate surface area is 70.6 Å². The van der Waals surface area contributed by atoms with Crippen LogP contribution in [0.3, 0.4) is 0 Å². The summed E-state index contributed by atoms with van der Waals surface area (Å²) < 4.78 is 25.6. The Hall–Kier alpha value is -0.950. The van der Waals surface area contributed by atoms with Crippen molar-refractivity contribution in [3.63, 3.8) is 0 Å². The summed E-state index contributed by atoms with van der Waals surface area (Å²) in [6.45, 7) is 0. The zero-order chi connectivity index (χ0) is 9.19. The molecule has 1 aromatic rings.